The van der Waals surface area contributed by atoms with E-state index in [2.05, 4.69) is 21.3 Å². The molecule has 0 saturated carbocycles. The van der Waals surface area contributed by atoms with Crippen molar-refractivity contribution >= 4 is 41.4 Å². The quantitative estimate of drug-likeness (QED) is 0.138. The van der Waals surface area contributed by atoms with Crippen LogP contribution < -0.4 is 21.3 Å². The Kier molecular flexibility index (Phi) is 10.8. The van der Waals surface area contributed by atoms with Gasteiger partial charge in [-0.1, -0.05) is 27.7 Å². The molecule has 18 heteroatoms. The summed E-state index contributed by atoms with van der Waals surface area (Å²) in [6.45, 7) is 4.36. The van der Waals surface area contributed by atoms with E-state index in [1.165, 1.54) is 0 Å². The Labute approximate surface area is 271 Å². The zero-order chi connectivity index (χ0) is 35.0. The third kappa shape index (κ3) is 6.77. The molecule has 7 amide bonds. The molecule has 3 bridgehead atoms. The molecule has 4 aliphatic rings. The minimum atomic E-state index is -2.45. The zero-order valence-corrected chi connectivity index (χ0v) is 26.8. The molecule has 4 saturated heterocycles. The molecule has 0 aromatic rings. The average Bonchev–Trinajstić information content (AvgIpc) is 3.59. The second-order valence-corrected chi connectivity index (χ2v) is 13.3. The summed E-state index contributed by atoms with van der Waals surface area (Å²) < 4.78 is 0. The molecular formula is C29H45N7O11. The molecule has 0 aliphatic carbocycles. The van der Waals surface area contributed by atoms with Gasteiger partial charge in [0.05, 0.1) is 19.8 Å². The van der Waals surface area contributed by atoms with E-state index in [9.17, 15) is 54.0 Å². The van der Waals surface area contributed by atoms with E-state index in [4.69, 9.17) is 0 Å². The SMILES string of the molecule is CC(C)C[C@H]1C(=O)N2[C@@H](C(C)C)C(=O)NCC(=O)N[C@@H](CO)C(=O)N3CCC[C@H]3C(=O)N[C@@H](CO)C(=O)N[C@H]3C[C@@](O)([C@H]2O)N1C3=O. The lowest BCUT2D eigenvalue weighted by Gasteiger charge is -2.53. The summed E-state index contributed by atoms with van der Waals surface area (Å²) >= 11 is 0. The summed E-state index contributed by atoms with van der Waals surface area (Å²) in [5.41, 5.74) is -2.45. The van der Waals surface area contributed by atoms with Gasteiger partial charge in [-0.05, 0) is 31.1 Å². The number of nitrogens with one attached hydrogen (secondary N) is 4. The molecule has 0 aromatic heterocycles. The fourth-order valence-electron chi connectivity index (χ4n) is 6.87. The lowest BCUT2D eigenvalue weighted by atomic mass is 9.90. The summed E-state index contributed by atoms with van der Waals surface area (Å²) in [6, 6.07) is -8.47. The third-order valence-corrected chi connectivity index (χ3v) is 9.09. The van der Waals surface area contributed by atoms with Crippen molar-refractivity contribution in [1.82, 2.24) is 36.0 Å². The van der Waals surface area contributed by atoms with Gasteiger partial charge in [-0.3, -0.25) is 43.4 Å². The van der Waals surface area contributed by atoms with Crippen molar-refractivity contribution in [2.45, 2.75) is 102 Å². The molecular weight excluding hydrogens is 622 g/mol. The molecule has 0 unspecified atom stereocenters. The molecule has 47 heavy (non-hydrogen) atoms. The number of rotatable bonds is 5. The van der Waals surface area contributed by atoms with E-state index < -0.39 is 122 Å². The maximum atomic E-state index is 14.0. The fraction of sp³-hybridized carbons (Fsp3) is 0.759. The van der Waals surface area contributed by atoms with Gasteiger partial charge >= 0.3 is 0 Å². The van der Waals surface area contributed by atoms with Gasteiger partial charge in [-0.2, -0.15) is 0 Å². The van der Waals surface area contributed by atoms with Gasteiger partial charge in [0.1, 0.15) is 36.3 Å². The molecule has 4 fully saturated rings. The number of piperazine rings is 1. The third-order valence-electron chi connectivity index (χ3n) is 9.09. The monoisotopic (exact) mass is 667 g/mol. The topological polar surface area (TPSA) is 258 Å². The van der Waals surface area contributed by atoms with E-state index in [1.54, 1.807) is 27.7 Å². The summed E-state index contributed by atoms with van der Waals surface area (Å²) in [4.78, 5) is 96.7. The van der Waals surface area contributed by atoms with Crippen LogP contribution >= 0.6 is 0 Å². The lowest BCUT2D eigenvalue weighted by Crippen LogP contribution is -2.75. The Morgan fingerprint density at radius 2 is 1.51 bits per heavy atom. The van der Waals surface area contributed by atoms with Crippen molar-refractivity contribution < 1.29 is 54.0 Å². The van der Waals surface area contributed by atoms with Crippen LogP contribution in [0.15, 0.2) is 0 Å². The number of amides is 7. The normalized spacial score (nSPS) is 34.5. The highest BCUT2D eigenvalue weighted by Gasteiger charge is 2.65. The van der Waals surface area contributed by atoms with Gasteiger partial charge in [0, 0.05) is 13.0 Å². The Balaban J connectivity index is 1.77. The molecule has 0 aromatic carbocycles. The standard InChI is InChI=1S/C29H45N7O11/c1-13(2)8-19-27(45)35-21(14(3)4)24(42)30-10-20(39)31-17(12-38)25(43)34-7-5-6-18(34)23(41)33-16(11-37)22(40)32-15-9-29(47,28(35)46)36(19)26(15)44/h13-19,21,28,37-38,46-47H,5-12H2,1-4H3,(H,30,42)(H,31,39)(H,32,40)(H,33,41)/t15-,16-,17-,18-,19-,21-,28+,29+/m0/s1. The highest BCUT2D eigenvalue weighted by molar-refractivity contribution is 6.00. The number of fused-ring (bicyclic) bond motifs is 3. The lowest BCUT2D eigenvalue weighted by molar-refractivity contribution is -0.251. The van der Waals surface area contributed by atoms with Gasteiger partial charge in [-0.25, -0.2) is 0 Å². The molecule has 0 spiro atoms. The highest BCUT2D eigenvalue weighted by Crippen LogP contribution is 2.42. The van der Waals surface area contributed by atoms with Crippen molar-refractivity contribution in [3.63, 3.8) is 0 Å². The number of aliphatic hydroxyl groups excluding tert-OH is 3. The molecule has 8 atom stereocenters. The number of hydrogen-bond donors (Lipinski definition) is 8. The van der Waals surface area contributed by atoms with Crippen LogP contribution in [0.2, 0.25) is 0 Å². The van der Waals surface area contributed by atoms with Gasteiger partial charge in [-0.15, -0.1) is 0 Å². The maximum absolute atomic E-state index is 14.0. The summed E-state index contributed by atoms with van der Waals surface area (Å²) in [6.07, 6.45) is -2.15. The van der Waals surface area contributed by atoms with Crippen LogP contribution in [0.3, 0.4) is 0 Å². The largest absolute Gasteiger partial charge is 0.394 e. The highest BCUT2D eigenvalue weighted by atomic mass is 16.4. The number of carbonyl (C=O) groups excluding carboxylic acids is 7. The molecule has 0 radical (unpaired) electrons. The Hall–Kier alpha value is -3.87. The molecule has 4 rings (SSSR count). The number of hydrogen-bond acceptors (Lipinski definition) is 11. The van der Waals surface area contributed by atoms with Gasteiger partial charge in [0.15, 0.2) is 12.0 Å². The van der Waals surface area contributed by atoms with Crippen molar-refractivity contribution in [3.8, 4) is 0 Å². The molecule has 4 heterocycles. The average molecular weight is 668 g/mol. The van der Waals surface area contributed by atoms with Crippen LogP contribution in [0.25, 0.3) is 0 Å². The minimum Gasteiger partial charge on any atom is -0.394 e. The summed E-state index contributed by atoms with van der Waals surface area (Å²) in [7, 11) is 0. The van der Waals surface area contributed by atoms with E-state index >= 15 is 0 Å². The van der Waals surface area contributed by atoms with Crippen LogP contribution in [0.5, 0.6) is 0 Å². The fourth-order valence-corrected chi connectivity index (χ4v) is 6.87. The second-order valence-electron chi connectivity index (χ2n) is 13.3. The van der Waals surface area contributed by atoms with Crippen LogP contribution in [0.1, 0.15) is 53.4 Å². The first-order valence-corrected chi connectivity index (χ1v) is 15.8. The Morgan fingerprint density at radius 1 is 0.851 bits per heavy atom. The van der Waals surface area contributed by atoms with E-state index in [-0.39, 0.29) is 25.3 Å². The van der Waals surface area contributed by atoms with Gasteiger partial charge in [0.2, 0.25) is 41.4 Å². The van der Waals surface area contributed by atoms with Crippen molar-refractivity contribution in [2.75, 3.05) is 26.3 Å². The number of aliphatic hydroxyl groups is 4. The van der Waals surface area contributed by atoms with Crippen LogP contribution in [0, 0.1) is 11.8 Å². The Morgan fingerprint density at radius 3 is 2.11 bits per heavy atom. The van der Waals surface area contributed by atoms with Crippen molar-refractivity contribution in [3.05, 3.63) is 0 Å². The van der Waals surface area contributed by atoms with Crippen LogP contribution in [-0.4, -0.2) is 151 Å². The zero-order valence-electron chi connectivity index (χ0n) is 26.8. The maximum Gasteiger partial charge on any atom is 0.248 e. The first kappa shape index (κ1) is 36.0. The summed E-state index contributed by atoms with van der Waals surface area (Å²) in [5.74, 6) is -6.97. The van der Waals surface area contributed by atoms with E-state index in [1.807, 2.05) is 0 Å². The molecule has 262 valence electrons. The van der Waals surface area contributed by atoms with Crippen molar-refractivity contribution in [2.24, 2.45) is 11.8 Å². The molecule has 4 aliphatic heterocycles. The second kappa shape index (κ2) is 14.1. The van der Waals surface area contributed by atoms with Crippen molar-refractivity contribution in [1.29, 1.82) is 0 Å². The summed E-state index contributed by atoms with van der Waals surface area (Å²) in [5, 5.41) is 52.9. The predicted octanol–water partition coefficient (Wildman–Crippen LogP) is -4.93. The number of carbonyl (C=O) groups is 7. The van der Waals surface area contributed by atoms with Crippen LogP contribution in [0.4, 0.5) is 0 Å². The first-order chi connectivity index (χ1) is 22.1. The molecule has 8 N–H and O–H groups in total. The van der Waals surface area contributed by atoms with E-state index in [0.717, 1.165) is 14.7 Å². The molecule has 18 nitrogen and oxygen atoms in total. The van der Waals surface area contributed by atoms with Gasteiger partial charge in [0.25, 0.3) is 0 Å². The van der Waals surface area contributed by atoms with Crippen LogP contribution in [-0.2, 0) is 33.6 Å². The number of nitrogens with zero attached hydrogens (tertiary/aromatic N) is 3. The predicted molar refractivity (Wildman–Crippen MR) is 159 cm³/mol. The Bertz CT molecular complexity index is 1290. The minimum absolute atomic E-state index is 0.0232. The van der Waals surface area contributed by atoms with Gasteiger partial charge < -0.3 is 46.6 Å². The first-order valence-electron chi connectivity index (χ1n) is 15.8. The van der Waals surface area contributed by atoms with E-state index in [0.29, 0.717) is 6.42 Å². The smallest absolute Gasteiger partial charge is 0.248 e.